The summed E-state index contributed by atoms with van der Waals surface area (Å²) in [5, 5.41) is 4.36. The van der Waals surface area contributed by atoms with Crippen LogP contribution in [0.1, 0.15) is 28.3 Å². The van der Waals surface area contributed by atoms with Crippen LogP contribution in [-0.4, -0.2) is 17.0 Å². The van der Waals surface area contributed by atoms with Crippen LogP contribution in [0, 0.1) is 6.92 Å². The van der Waals surface area contributed by atoms with Gasteiger partial charge in [0, 0.05) is 24.4 Å². The van der Waals surface area contributed by atoms with E-state index in [0.29, 0.717) is 0 Å². The van der Waals surface area contributed by atoms with Crippen molar-refractivity contribution in [2.75, 3.05) is 0 Å². The van der Waals surface area contributed by atoms with Crippen molar-refractivity contribution in [3.63, 3.8) is 0 Å². The number of rotatable bonds is 3. The van der Waals surface area contributed by atoms with Crippen molar-refractivity contribution in [1.29, 1.82) is 0 Å². The Morgan fingerprint density at radius 1 is 1.25 bits per heavy atom. The normalized spacial score (nSPS) is 16.9. The molecule has 0 fully saturated rings. The summed E-state index contributed by atoms with van der Waals surface area (Å²) >= 11 is 0. The second-order valence-corrected chi connectivity index (χ2v) is 4.92. The molecule has 100 valence electrons. The monoisotopic (exact) mass is 265 g/mol. The van der Waals surface area contributed by atoms with Crippen molar-refractivity contribution >= 4 is 12.0 Å². The Morgan fingerprint density at radius 3 is 2.80 bits per heavy atom. The molecule has 2 aromatic rings. The molecule has 0 radical (unpaired) electrons. The molecule has 1 aromatic heterocycles. The van der Waals surface area contributed by atoms with Crippen LogP contribution in [0.15, 0.2) is 47.8 Å². The number of pyridine rings is 1. The Balaban J connectivity index is 1.98. The van der Waals surface area contributed by atoms with Crippen LogP contribution >= 0.6 is 0 Å². The summed E-state index contributed by atoms with van der Waals surface area (Å²) in [6.45, 7) is 2.02. The molecule has 1 aliphatic rings. The van der Waals surface area contributed by atoms with E-state index in [1.54, 1.807) is 12.4 Å². The van der Waals surface area contributed by atoms with Gasteiger partial charge in [0.25, 0.3) is 0 Å². The molecule has 0 saturated carbocycles. The molecule has 0 amide bonds. The molecule has 2 heterocycles. The summed E-state index contributed by atoms with van der Waals surface area (Å²) in [5.74, 6) is 0. The van der Waals surface area contributed by atoms with E-state index in [4.69, 9.17) is 0 Å². The van der Waals surface area contributed by atoms with E-state index in [-0.39, 0.29) is 6.04 Å². The minimum absolute atomic E-state index is 0.355. The fourth-order valence-corrected chi connectivity index (χ4v) is 2.41. The second kappa shape index (κ2) is 5.25. The first-order valence-electron chi connectivity index (χ1n) is 6.55. The minimum atomic E-state index is -0.355. The number of carbonyl (C=O) groups is 1. The van der Waals surface area contributed by atoms with E-state index >= 15 is 0 Å². The molecule has 0 aliphatic carbocycles. The van der Waals surface area contributed by atoms with Gasteiger partial charge in [-0.15, -0.1) is 0 Å². The third kappa shape index (κ3) is 2.32. The maximum Gasteiger partial charge on any atom is 0.148 e. The third-order valence-electron chi connectivity index (χ3n) is 3.45. The van der Waals surface area contributed by atoms with Crippen LogP contribution in [-0.2, 0) is 11.2 Å². The quantitative estimate of drug-likeness (QED) is 0.865. The van der Waals surface area contributed by atoms with Gasteiger partial charge in [-0.2, -0.15) is 5.10 Å². The fourth-order valence-electron chi connectivity index (χ4n) is 2.41. The first kappa shape index (κ1) is 12.5. The number of aromatic nitrogens is 1. The number of nitrogens with zero attached hydrogens (tertiary/aromatic N) is 2. The van der Waals surface area contributed by atoms with Crippen LogP contribution in [0.2, 0.25) is 0 Å². The van der Waals surface area contributed by atoms with Gasteiger partial charge in [0.05, 0.1) is 5.71 Å². The van der Waals surface area contributed by atoms with Crippen LogP contribution in [0.4, 0.5) is 0 Å². The highest BCUT2D eigenvalue weighted by Gasteiger charge is 2.22. The number of carbonyl (C=O) groups excluding carboxylic acids is 1. The van der Waals surface area contributed by atoms with Gasteiger partial charge in [-0.1, -0.05) is 23.8 Å². The molecule has 0 spiro atoms. The molecule has 4 heteroatoms. The Kier molecular flexibility index (Phi) is 3.29. The Bertz CT molecular complexity index is 665. The summed E-state index contributed by atoms with van der Waals surface area (Å²) in [6, 6.07) is 9.73. The van der Waals surface area contributed by atoms with Gasteiger partial charge in [0.2, 0.25) is 0 Å². The van der Waals surface area contributed by atoms with Gasteiger partial charge >= 0.3 is 0 Å². The molecule has 1 aliphatic heterocycles. The number of aryl methyl sites for hydroxylation is 1. The number of benzene rings is 1. The van der Waals surface area contributed by atoms with E-state index in [0.717, 1.165) is 40.7 Å². The number of aldehydes is 1. The van der Waals surface area contributed by atoms with Crippen LogP contribution in [0.5, 0.6) is 0 Å². The molecule has 0 bridgehead atoms. The lowest BCUT2D eigenvalue weighted by molar-refractivity contribution is -0.109. The number of fused-ring (bicyclic) bond motifs is 1. The smallest absolute Gasteiger partial charge is 0.148 e. The zero-order valence-electron chi connectivity index (χ0n) is 11.2. The maximum absolute atomic E-state index is 11.2. The van der Waals surface area contributed by atoms with E-state index in [1.807, 2.05) is 37.3 Å². The average molecular weight is 265 g/mol. The highest BCUT2D eigenvalue weighted by atomic mass is 16.1. The first-order valence-corrected chi connectivity index (χ1v) is 6.55. The lowest BCUT2D eigenvalue weighted by Gasteiger charge is -2.23. The van der Waals surface area contributed by atoms with Crippen molar-refractivity contribution < 1.29 is 4.79 Å². The molecule has 0 saturated heterocycles. The largest absolute Gasteiger partial charge is 0.301 e. The molecule has 1 atom stereocenters. The Labute approximate surface area is 117 Å². The standard InChI is InChI=1S/C16H15N3O/c1-11-2-3-13-14(8-11)16(10-20)19-18-15(13)9-12-4-6-17-7-5-12/h2-8,10,16,19H,9H2,1H3. The topological polar surface area (TPSA) is 54.4 Å². The molecular formula is C16H15N3O. The van der Waals surface area contributed by atoms with Gasteiger partial charge in [-0.05, 0) is 30.2 Å². The van der Waals surface area contributed by atoms with Crippen molar-refractivity contribution in [1.82, 2.24) is 10.4 Å². The first-order chi connectivity index (χ1) is 9.78. The molecular weight excluding hydrogens is 250 g/mol. The minimum Gasteiger partial charge on any atom is -0.301 e. The average Bonchev–Trinajstić information content (AvgIpc) is 2.48. The van der Waals surface area contributed by atoms with Crippen molar-refractivity contribution in [2.24, 2.45) is 5.10 Å². The van der Waals surface area contributed by atoms with E-state index in [2.05, 4.69) is 15.5 Å². The van der Waals surface area contributed by atoms with Gasteiger partial charge in [-0.25, -0.2) is 0 Å². The summed E-state index contributed by atoms with van der Waals surface area (Å²) < 4.78 is 0. The molecule has 1 unspecified atom stereocenters. The van der Waals surface area contributed by atoms with E-state index < -0.39 is 0 Å². The van der Waals surface area contributed by atoms with Crippen LogP contribution in [0.25, 0.3) is 0 Å². The summed E-state index contributed by atoms with van der Waals surface area (Å²) in [6.07, 6.45) is 5.16. The lowest BCUT2D eigenvalue weighted by Crippen LogP contribution is -2.28. The van der Waals surface area contributed by atoms with E-state index in [9.17, 15) is 4.79 Å². The number of hydrazone groups is 1. The predicted octanol–water partition coefficient (Wildman–Crippen LogP) is 2.18. The predicted molar refractivity (Wildman–Crippen MR) is 77.6 cm³/mol. The molecule has 20 heavy (non-hydrogen) atoms. The van der Waals surface area contributed by atoms with Crippen molar-refractivity contribution in [3.05, 3.63) is 65.0 Å². The molecule has 3 rings (SSSR count). The van der Waals surface area contributed by atoms with Crippen molar-refractivity contribution in [2.45, 2.75) is 19.4 Å². The number of hydrogen-bond donors (Lipinski definition) is 1. The Hall–Kier alpha value is -2.49. The highest BCUT2D eigenvalue weighted by molar-refractivity contribution is 6.04. The Morgan fingerprint density at radius 2 is 2.05 bits per heavy atom. The highest BCUT2D eigenvalue weighted by Crippen LogP contribution is 2.24. The van der Waals surface area contributed by atoms with Crippen LogP contribution in [0.3, 0.4) is 0 Å². The zero-order chi connectivity index (χ0) is 13.9. The second-order valence-electron chi connectivity index (χ2n) is 4.92. The van der Waals surface area contributed by atoms with Gasteiger partial charge in [0.1, 0.15) is 12.3 Å². The van der Waals surface area contributed by atoms with Gasteiger partial charge in [-0.3, -0.25) is 10.4 Å². The van der Waals surface area contributed by atoms with E-state index in [1.165, 1.54) is 0 Å². The lowest BCUT2D eigenvalue weighted by atomic mass is 9.92. The number of hydrogen-bond acceptors (Lipinski definition) is 4. The van der Waals surface area contributed by atoms with Crippen molar-refractivity contribution in [3.8, 4) is 0 Å². The SMILES string of the molecule is Cc1ccc2c(c1)C(C=O)NN=C2Cc1ccncc1. The summed E-state index contributed by atoms with van der Waals surface area (Å²) in [7, 11) is 0. The zero-order valence-corrected chi connectivity index (χ0v) is 11.2. The molecule has 1 aromatic carbocycles. The molecule has 4 nitrogen and oxygen atoms in total. The third-order valence-corrected chi connectivity index (χ3v) is 3.45. The van der Waals surface area contributed by atoms with Gasteiger partial charge in [0.15, 0.2) is 0 Å². The maximum atomic E-state index is 11.2. The summed E-state index contributed by atoms with van der Waals surface area (Å²) in [5.41, 5.74) is 8.21. The summed E-state index contributed by atoms with van der Waals surface area (Å²) in [4.78, 5) is 15.2. The number of nitrogens with one attached hydrogen (secondary N) is 1. The molecule has 1 N–H and O–H groups in total. The fraction of sp³-hybridized carbons (Fsp3) is 0.188. The van der Waals surface area contributed by atoms with Crippen LogP contribution < -0.4 is 5.43 Å². The van der Waals surface area contributed by atoms with Gasteiger partial charge < -0.3 is 4.79 Å².